The molecule has 0 N–H and O–H groups in total. The van der Waals surface area contributed by atoms with Crippen molar-refractivity contribution in [2.75, 3.05) is 31.1 Å². The first-order valence-corrected chi connectivity index (χ1v) is 14.0. The number of aromatic nitrogens is 1. The predicted octanol–water partition coefficient (Wildman–Crippen LogP) is 5.61. The summed E-state index contributed by atoms with van der Waals surface area (Å²) in [5.41, 5.74) is 4.38. The average molecular weight is 564 g/mol. The standard InChI is InChI=1S/C30H35BrN4O2/c1-22-12-21-34(37)23(2)29(22)30(36)33-19-13-25(14-20-33)32-17-15-28(16-18-32)35(26-6-4-3-5-7-26)27-10-8-24(31)9-11-27/h3-12,21,25,28H,13-20H2,1-2H3. The number of amides is 1. The number of nitrogens with zero attached hydrogens (tertiary/aromatic N) is 4. The summed E-state index contributed by atoms with van der Waals surface area (Å²) in [4.78, 5) is 20.3. The van der Waals surface area contributed by atoms with Gasteiger partial charge in [0.2, 0.25) is 5.69 Å². The van der Waals surface area contributed by atoms with E-state index in [1.807, 2.05) is 11.8 Å². The van der Waals surface area contributed by atoms with Crippen molar-refractivity contribution in [1.29, 1.82) is 0 Å². The van der Waals surface area contributed by atoms with E-state index in [9.17, 15) is 10.0 Å². The van der Waals surface area contributed by atoms with Gasteiger partial charge in [0.15, 0.2) is 6.20 Å². The molecule has 7 heteroatoms. The fraction of sp³-hybridized carbons (Fsp3) is 0.400. The molecule has 2 aliphatic rings. The van der Waals surface area contributed by atoms with Crippen LogP contribution in [-0.2, 0) is 0 Å². The quantitative estimate of drug-likeness (QED) is 0.299. The van der Waals surface area contributed by atoms with E-state index in [-0.39, 0.29) is 5.91 Å². The summed E-state index contributed by atoms with van der Waals surface area (Å²) in [5.74, 6) is -0.00893. The predicted molar refractivity (Wildman–Crippen MR) is 151 cm³/mol. The van der Waals surface area contributed by atoms with Gasteiger partial charge in [-0.05, 0) is 74.6 Å². The normalized spacial score (nSPS) is 17.6. The zero-order chi connectivity index (χ0) is 25.9. The summed E-state index contributed by atoms with van der Waals surface area (Å²) in [6, 6.07) is 22.0. The zero-order valence-electron chi connectivity index (χ0n) is 21.6. The third-order valence-electron chi connectivity index (χ3n) is 8.03. The number of hydrogen-bond acceptors (Lipinski definition) is 4. The molecule has 0 unspecified atom stereocenters. The Morgan fingerprint density at radius 3 is 2.16 bits per heavy atom. The van der Waals surface area contributed by atoms with Crippen molar-refractivity contribution in [3.8, 4) is 0 Å². The molecule has 0 atom stereocenters. The summed E-state index contributed by atoms with van der Waals surface area (Å²) in [6.07, 6.45) is 5.65. The van der Waals surface area contributed by atoms with E-state index in [0.717, 1.165) is 66.6 Å². The van der Waals surface area contributed by atoms with Gasteiger partial charge >= 0.3 is 0 Å². The van der Waals surface area contributed by atoms with E-state index in [1.165, 1.54) is 17.6 Å². The second-order valence-corrected chi connectivity index (χ2v) is 11.2. The second kappa shape index (κ2) is 11.2. The fourth-order valence-corrected chi connectivity index (χ4v) is 6.22. The van der Waals surface area contributed by atoms with Crippen LogP contribution in [0.5, 0.6) is 0 Å². The van der Waals surface area contributed by atoms with Gasteiger partial charge in [-0.25, -0.2) is 0 Å². The topological polar surface area (TPSA) is 53.7 Å². The number of carbonyl (C=O) groups excluding carboxylic acids is 1. The third kappa shape index (κ3) is 5.53. The molecule has 37 heavy (non-hydrogen) atoms. The number of anilines is 2. The minimum atomic E-state index is -0.00893. The molecule has 3 aromatic rings. The molecule has 0 aliphatic carbocycles. The molecule has 0 saturated carbocycles. The van der Waals surface area contributed by atoms with Gasteiger partial charge in [-0.3, -0.25) is 4.79 Å². The first kappa shape index (κ1) is 25.7. The van der Waals surface area contributed by atoms with Gasteiger partial charge in [0, 0.05) is 67.1 Å². The molecule has 1 amide bonds. The van der Waals surface area contributed by atoms with Crippen molar-refractivity contribution >= 4 is 33.2 Å². The maximum absolute atomic E-state index is 13.2. The minimum absolute atomic E-state index is 0.00893. The van der Waals surface area contributed by atoms with Crippen LogP contribution < -0.4 is 9.63 Å². The highest BCUT2D eigenvalue weighted by Gasteiger charge is 2.33. The van der Waals surface area contributed by atoms with Gasteiger partial charge < -0.3 is 19.9 Å². The molecule has 2 fully saturated rings. The maximum Gasteiger partial charge on any atom is 0.260 e. The van der Waals surface area contributed by atoms with Crippen LogP contribution in [0.4, 0.5) is 11.4 Å². The van der Waals surface area contributed by atoms with E-state index < -0.39 is 0 Å². The SMILES string of the molecule is Cc1cc[n+]([O-])c(C)c1C(=O)N1CCC(N2CCC(N(c3ccccc3)c3ccc(Br)cc3)CC2)CC1. The lowest BCUT2D eigenvalue weighted by atomic mass is 9.95. The van der Waals surface area contributed by atoms with Crippen molar-refractivity contribution in [2.24, 2.45) is 0 Å². The number of para-hydroxylation sites is 1. The first-order valence-electron chi connectivity index (χ1n) is 13.2. The van der Waals surface area contributed by atoms with E-state index in [4.69, 9.17) is 0 Å². The first-order chi connectivity index (χ1) is 17.9. The average Bonchev–Trinajstić information content (AvgIpc) is 2.93. The lowest BCUT2D eigenvalue weighted by Gasteiger charge is -2.44. The van der Waals surface area contributed by atoms with Crippen LogP contribution in [0, 0.1) is 19.1 Å². The summed E-state index contributed by atoms with van der Waals surface area (Å²) in [5, 5.41) is 12.0. The van der Waals surface area contributed by atoms with Gasteiger partial charge in [0.25, 0.3) is 5.91 Å². The Kier molecular flexibility index (Phi) is 7.81. The second-order valence-electron chi connectivity index (χ2n) is 10.3. The lowest BCUT2D eigenvalue weighted by Crippen LogP contribution is -2.51. The number of carbonyl (C=O) groups is 1. The molecule has 2 aromatic carbocycles. The lowest BCUT2D eigenvalue weighted by molar-refractivity contribution is -0.612. The Bertz CT molecular complexity index is 1220. The molecule has 0 bridgehead atoms. The Balaban J connectivity index is 1.21. The molecule has 0 radical (unpaired) electrons. The minimum Gasteiger partial charge on any atom is -0.618 e. The summed E-state index contributed by atoms with van der Waals surface area (Å²) >= 11 is 3.57. The Hall–Kier alpha value is -2.90. The monoisotopic (exact) mass is 562 g/mol. The number of halogens is 1. The number of hydrogen-bond donors (Lipinski definition) is 0. The van der Waals surface area contributed by atoms with Gasteiger partial charge in [-0.2, -0.15) is 4.73 Å². The van der Waals surface area contributed by atoms with Crippen molar-refractivity contribution in [3.05, 3.63) is 93.4 Å². The Labute approximate surface area is 228 Å². The molecule has 5 rings (SSSR count). The van der Waals surface area contributed by atoms with Crippen LogP contribution in [0.3, 0.4) is 0 Å². The van der Waals surface area contributed by atoms with E-state index in [1.54, 1.807) is 13.0 Å². The molecule has 2 saturated heterocycles. The number of benzene rings is 2. The Morgan fingerprint density at radius 1 is 0.892 bits per heavy atom. The molecular weight excluding hydrogens is 528 g/mol. The highest BCUT2D eigenvalue weighted by molar-refractivity contribution is 9.10. The fourth-order valence-electron chi connectivity index (χ4n) is 5.96. The van der Waals surface area contributed by atoms with Crippen LogP contribution >= 0.6 is 15.9 Å². The number of rotatable bonds is 5. The van der Waals surface area contributed by atoms with Crippen LogP contribution in [0.2, 0.25) is 0 Å². The smallest absolute Gasteiger partial charge is 0.260 e. The van der Waals surface area contributed by atoms with Gasteiger partial charge in [-0.1, -0.05) is 34.1 Å². The highest BCUT2D eigenvalue weighted by Crippen LogP contribution is 2.34. The number of piperidine rings is 2. The zero-order valence-corrected chi connectivity index (χ0v) is 23.2. The third-order valence-corrected chi connectivity index (χ3v) is 8.56. The van der Waals surface area contributed by atoms with Gasteiger partial charge in [0.05, 0.1) is 0 Å². The molecule has 194 valence electrons. The van der Waals surface area contributed by atoms with E-state index in [0.29, 0.717) is 23.3 Å². The van der Waals surface area contributed by atoms with Crippen molar-refractivity contribution in [1.82, 2.24) is 9.80 Å². The van der Waals surface area contributed by atoms with Crippen LogP contribution in [-0.4, -0.2) is 54.0 Å². The van der Waals surface area contributed by atoms with Crippen molar-refractivity contribution < 1.29 is 9.52 Å². The number of aryl methyl sites for hydroxylation is 1. The Morgan fingerprint density at radius 2 is 1.51 bits per heavy atom. The molecular formula is C30H35BrN4O2. The number of likely N-dealkylation sites (tertiary alicyclic amines) is 2. The summed E-state index contributed by atoms with van der Waals surface area (Å²) in [7, 11) is 0. The maximum atomic E-state index is 13.2. The molecule has 1 aromatic heterocycles. The molecule has 6 nitrogen and oxygen atoms in total. The van der Waals surface area contributed by atoms with Crippen molar-refractivity contribution in [3.63, 3.8) is 0 Å². The largest absolute Gasteiger partial charge is 0.618 e. The van der Waals surface area contributed by atoms with E-state index in [2.05, 4.69) is 80.3 Å². The van der Waals surface area contributed by atoms with Crippen LogP contribution in [0.1, 0.15) is 47.3 Å². The van der Waals surface area contributed by atoms with Crippen LogP contribution in [0.15, 0.2) is 71.3 Å². The summed E-state index contributed by atoms with van der Waals surface area (Å²) < 4.78 is 1.89. The van der Waals surface area contributed by atoms with Gasteiger partial charge in [0.1, 0.15) is 5.56 Å². The number of pyridine rings is 1. The molecule has 2 aliphatic heterocycles. The van der Waals surface area contributed by atoms with Crippen LogP contribution in [0.25, 0.3) is 0 Å². The van der Waals surface area contributed by atoms with E-state index >= 15 is 0 Å². The summed E-state index contributed by atoms with van der Waals surface area (Å²) in [6.45, 7) is 7.25. The van der Waals surface area contributed by atoms with Crippen molar-refractivity contribution in [2.45, 2.75) is 51.6 Å². The van der Waals surface area contributed by atoms with Gasteiger partial charge in [-0.15, -0.1) is 0 Å². The molecule has 3 heterocycles. The molecule has 0 spiro atoms. The highest BCUT2D eigenvalue weighted by atomic mass is 79.9.